The third kappa shape index (κ3) is 3.44. The van der Waals surface area contributed by atoms with Gasteiger partial charge >= 0.3 is 0 Å². The van der Waals surface area contributed by atoms with Crippen molar-refractivity contribution in [2.75, 3.05) is 0 Å². The van der Waals surface area contributed by atoms with E-state index in [1.165, 1.54) is 27.8 Å². The van der Waals surface area contributed by atoms with Gasteiger partial charge in [-0.05, 0) is 88.0 Å². The van der Waals surface area contributed by atoms with Gasteiger partial charge in [0, 0.05) is 27.6 Å². The van der Waals surface area contributed by atoms with Crippen molar-refractivity contribution >= 4 is 21.8 Å². The highest BCUT2D eigenvalue weighted by Crippen LogP contribution is 2.62. The predicted octanol–water partition coefficient (Wildman–Crippen LogP) is 10.8. The van der Waals surface area contributed by atoms with Gasteiger partial charge in [0.25, 0.3) is 0 Å². The highest BCUT2D eigenvalue weighted by atomic mass is 16.5. The number of benzene rings is 7. The first kappa shape index (κ1) is 25.9. The van der Waals surface area contributed by atoms with E-state index >= 15 is 0 Å². The Kier molecular flexibility index (Phi) is 5.27. The summed E-state index contributed by atoms with van der Waals surface area (Å²) in [6, 6.07) is 58.1. The Bertz CT molecular complexity index is 2580. The number of hydrogen-bond donors (Lipinski definition) is 0. The molecule has 1 aromatic heterocycles. The van der Waals surface area contributed by atoms with Crippen molar-refractivity contribution in [2.45, 2.75) is 5.41 Å². The van der Waals surface area contributed by atoms with Crippen LogP contribution in [0.1, 0.15) is 27.8 Å². The van der Waals surface area contributed by atoms with Gasteiger partial charge in [0.2, 0.25) is 0 Å². The molecule has 1 aliphatic carbocycles. The lowest BCUT2D eigenvalue weighted by atomic mass is 9.66. The lowest BCUT2D eigenvalue weighted by Crippen LogP contribution is -2.32. The van der Waals surface area contributed by atoms with Gasteiger partial charge in [-0.15, -0.1) is 0 Å². The van der Waals surface area contributed by atoms with E-state index in [1.54, 1.807) is 0 Å². The van der Waals surface area contributed by atoms with Crippen molar-refractivity contribution in [1.29, 1.82) is 5.26 Å². The highest BCUT2D eigenvalue weighted by Gasteiger charge is 2.50. The van der Waals surface area contributed by atoms with Crippen LogP contribution in [0.2, 0.25) is 0 Å². The maximum atomic E-state index is 9.75. The van der Waals surface area contributed by atoms with E-state index in [0.29, 0.717) is 5.56 Å². The van der Waals surface area contributed by atoms with Gasteiger partial charge in [0.05, 0.1) is 28.1 Å². The number of para-hydroxylation sites is 2. The maximum absolute atomic E-state index is 9.75. The van der Waals surface area contributed by atoms with Crippen LogP contribution in [0, 0.1) is 11.3 Å². The number of fused-ring (bicyclic) bond motifs is 12. The summed E-state index contributed by atoms with van der Waals surface area (Å²) in [7, 11) is 0. The molecular weight excluding hydrogens is 572 g/mol. The molecule has 0 radical (unpaired) electrons. The molecule has 0 fully saturated rings. The Balaban J connectivity index is 1.21. The fraction of sp³-hybridized carbons (Fsp3) is 0.0227. The third-order valence-corrected chi connectivity index (χ3v) is 10.1. The van der Waals surface area contributed by atoms with E-state index in [0.717, 1.165) is 55.7 Å². The summed E-state index contributed by atoms with van der Waals surface area (Å²) in [5.74, 6) is 1.75. The van der Waals surface area contributed by atoms with Gasteiger partial charge in [-0.25, -0.2) is 0 Å². The van der Waals surface area contributed by atoms with Gasteiger partial charge in [-0.2, -0.15) is 5.26 Å². The molecule has 2 heterocycles. The maximum Gasteiger partial charge on any atom is 0.132 e. The molecule has 8 aromatic rings. The Morgan fingerprint density at radius 3 is 1.81 bits per heavy atom. The van der Waals surface area contributed by atoms with Crippen LogP contribution in [0.3, 0.4) is 0 Å². The normalized spacial score (nSPS) is 13.4. The summed E-state index contributed by atoms with van der Waals surface area (Å²) in [4.78, 5) is 0. The molecule has 0 bridgehead atoms. The summed E-state index contributed by atoms with van der Waals surface area (Å²) in [6.07, 6.45) is 0. The zero-order valence-corrected chi connectivity index (χ0v) is 25.3. The standard InChI is InChI=1S/C44H26N2O/c45-27-28-18-22-40-34(24-28)35-25-29(20-23-41(35)46(40)31-10-2-1-3-11-31)30-19-21-39-43(26-30)47-42-17-9-8-16-38(42)44(39)36-14-6-4-12-32(36)33-13-5-7-15-37(33)44/h1-26H. The summed E-state index contributed by atoms with van der Waals surface area (Å²) in [5, 5.41) is 11.9. The number of aromatic nitrogens is 1. The molecule has 0 saturated carbocycles. The van der Waals surface area contributed by atoms with E-state index in [1.807, 2.05) is 18.2 Å². The van der Waals surface area contributed by atoms with Crippen molar-refractivity contribution in [3.63, 3.8) is 0 Å². The molecule has 0 amide bonds. The molecule has 2 aliphatic rings. The van der Waals surface area contributed by atoms with Crippen LogP contribution in [0.5, 0.6) is 11.5 Å². The zero-order valence-electron chi connectivity index (χ0n) is 25.3. The summed E-state index contributed by atoms with van der Waals surface area (Å²) in [5.41, 5.74) is 13.1. The minimum Gasteiger partial charge on any atom is -0.457 e. The lowest BCUT2D eigenvalue weighted by molar-refractivity contribution is 0.436. The number of nitrogens with zero attached hydrogens (tertiary/aromatic N) is 2. The van der Waals surface area contributed by atoms with Crippen LogP contribution in [0.4, 0.5) is 0 Å². The summed E-state index contributed by atoms with van der Waals surface area (Å²) >= 11 is 0. The van der Waals surface area contributed by atoms with Crippen LogP contribution < -0.4 is 4.74 Å². The minimum atomic E-state index is -0.476. The Hall–Kier alpha value is -6.37. The minimum absolute atomic E-state index is 0.476. The molecule has 3 nitrogen and oxygen atoms in total. The Morgan fingerprint density at radius 1 is 0.489 bits per heavy atom. The lowest BCUT2D eigenvalue weighted by Gasteiger charge is -2.39. The van der Waals surface area contributed by atoms with Crippen LogP contribution in [-0.4, -0.2) is 4.57 Å². The van der Waals surface area contributed by atoms with Gasteiger partial charge in [0.1, 0.15) is 11.5 Å². The molecule has 7 aromatic carbocycles. The number of ether oxygens (including phenoxy) is 1. The third-order valence-electron chi connectivity index (χ3n) is 10.1. The highest BCUT2D eigenvalue weighted by molar-refractivity contribution is 6.11. The molecule has 0 N–H and O–H groups in total. The van der Waals surface area contributed by atoms with Gasteiger partial charge in [-0.1, -0.05) is 103 Å². The first-order chi connectivity index (χ1) is 23.3. The first-order valence-electron chi connectivity index (χ1n) is 15.9. The molecule has 1 spiro atoms. The summed E-state index contributed by atoms with van der Waals surface area (Å²) < 4.78 is 9.05. The zero-order chi connectivity index (χ0) is 31.1. The van der Waals surface area contributed by atoms with Gasteiger partial charge in [0.15, 0.2) is 0 Å². The predicted molar refractivity (Wildman–Crippen MR) is 188 cm³/mol. The second-order valence-corrected chi connectivity index (χ2v) is 12.4. The molecule has 0 unspecified atom stereocenters. The number of nitriles is 1. The van der Waals surface area contributed by atoms with E-state index in [9.17, 15) is 5.26 Å². The molecule has 3 heteroatoms. The largest absolute Gasteiger partial charge is 0.457 e. The van der Waals surface area contributed by atoms with Crippen molar-refractivity contribution in [1.82, 2.24) is 4.57 Å². The van der Waals surface area contributed by atoms with Crippen molar-refractivity contribution in [3.8, 4) is 45.5 Å². The van der Waals surface area contributed by atoms with E-state index in [4.69, 9.17) is 4.74 Å². The van der Waals surface area contributed by atoms with Crippen molar-refractivity contribution in [3.05, 3.63) is 186 Å². The number of rotatable bonds is 2. The number of hydrogen-bond acceptors (Lipinski definition) is 2. The summed E-state index contributed by atoms with van der Waals surface area (Å²) in [6.45, 7) is 0. The van der Waals surface area contributed by atoms with Crippen molar-refractivity contribution < 1.29 is 4.74 Å². The second kappa shape index (κ2) is 9.57. The second-order valence-electron chi connectivity index (χ2n) is 12.4. The molecule has 218 valence electrons. The van der Waals surface area contributed by atoms with E-state index < -0.39 is 5.41 Å². The molecule has 0 saturated heterocycles. The van der Waals surface area contributed by atoms with Gasteiger partial charge in [-0.3, -0.25) is 0 Å². The van der Waals surface area contributed by atoms with E-state index in [2.05, 4.69) is 150 Å². The van der Waals surface area contributed by atoms with Crippen molar-refractivity contribution in [2.24, 2.45) is 0 Å². The van der Waals surface area contributed by atoms with Crippen LogP contribution in [0.15, 0.2) is 158 Å². The van der Waals surface area contributed by atoms with E-state index in [-0.39, 0.29) is 0 Å². The molecule has 0 atom stereocenters. The van der Waals surface area contributed by atoms with Crippen LogP contribution in [0.25, 0.3) is 49.7 Å². The van der Waals surface area contributed by atoms with Crippen LogP contribution in [-0.2, 0) is 5.41 Å². The average molecular weight is 599 g/mol. The smallest absolute Gasteiger partial charge is 0.132 e. The first-order valence-corrected chi connectivity index (χ1v) is 15.9. The molecule has 1 aliphatic heterocycles. The quantitative estimate of drug-likeness (QED) is 0.199. The fourth-order valence-corrected chi connectivity index (χ4v) is 8.17. The molecule has 47 heavy (non-hydrogen) atoms. The Labute approximate surface area is 272 Å². The molecular formula is C44H26N2O. The van der Waals surface area contributed by atoms with Gasteiger partial charge < -0.3 is 9.30 Å². The van der Waals surface area contributed by atoms with Crippen LogP contribution >= 0.6 is 0 Å². The average Bonchev–Trinajstić information content (AvgIpc) is 3.62. The Morgan fingerprint density at radius 2 is 1.06 bits per heavy atom. The SMILES string of the molecule is N#Cc1ccc2c(c1)c1cc(-c3ccc4c(c3)Oc3ccccc3C43c4ccccc4-c4ccccc43)ccc1n2-c1ccccc1. The fourth-order valence-electron chi connectivity index (χ4n) is 8.17. The topological polar surface area (TPSA) is 37.9 Å². The monoisotopic (exact) mass is 598 g/mol. The molecule has 10 rings (SSSR count).